The highest BCUT2D eigenvalue weighted by Crippen LogP contribution is 2.26. The Bertz CT molecular complexity index is 605. The van der Waals surface area contributed by atoms with E-state index in [0.29, 0.717) is 0 Å². The zero-order chi connectivity index (χ0) is 15.6. The first kappa shape index (κ1) is 15.4. The van der Waals surface area contributed by atoms with Gasteiger partial charge in [0.15, 0.2) is 6.04 Å². The lowest BCUT2D eigenvalue weighted by Gasteiger charge is -2.32. The number of nitro groups is 1. The van der Waals surface area contributed by atoms with E-state index in [4.69, 9.17) is 9.84 Å². The molecule has 0 aliphatic carbocycles. The van der Waals surface area contributed by atoms with E-state index in [2.05, 4.69) is 15.9 Å². The van der Waals surface area contributed by atoms with Gasteiger partial charge < -0.3 is 14.7 Å². The van der Waals surface area contributed by atoms with Crippen LogP contribution in [0.15, 0.2) is 22.7 Å². The third-order valence-corrected chi connectivity index (χ3v) is 3.73. The molecule has 1 unspecified atom stereocenters. The van der Waals surface area contributed by atoms with Crippen LogP contribution in [0.5, 0.6) is 0 Å². The summed E-state index contributed by atoms with van der Waals surface area (Å²) in [5.74, 6) is -1.74. The fourth-order valence-corrected chi connectivity index (χ4v) is 2.39. The van der Waals surface area contributed by atoms with E-state index in [9.17, 15) is 19.7 Å². The second kappa shape index (κ2) is 6.19. The van der Waals surface area contributed by atoms with Crippen LogP contribution >= 0.6 is 15.9 Å². The molecule has 112 valence electrons. The maximum Gasteiger partial charge on any atom is 0.328 e. The van der Waals surface area contributed by atoms with Crippen molar-refractivity contribution in [2.75, 3.05) is 19.8 Å². The summed E-state index contributed by atoms with van der Waals surface area (Å²) in [6.07, 6.45) is 0. The Morgan fingerprint density at radius 3 is 2.81 bits per heavy atom. The molecule has 8 nitrogen and oxygen atoms in total. The number of carbonyl (C=O) groups is 2. The molecule has 1 fully saturated rings. The molecule has 0 aromatic heterocycles. The minimum atomic E-state index is -1.17. The lowest BCUT2D eigenvalue weighted by Crippen LogP contribution is -2.52. The Labute approximate surface area is 127 Å². The summed E-state index contributed by atoms with van der Waals surface area (Å²) < 4.78 is 5.30. The second-order valence-electron chi connectivity index (χ2n) is 4.35. The van der Waals surface area contributed by atoms with Crippen LogP contribution in [0.2, 0.25) is 0 Å². The van der Waals surface area contributed by atoms with E-state index < -0.39 is 22.8 Å². The van der Waals surface area contributed by atoms with Gasteiger partial charge in [0.2, 0.25) is 0 Å². The predicted molar refractivity (Wildman–Crippen MR) is 74.1 cm³/mol. The number of nitrogens with zero attached hydrogens (tertiary/aromatic N) is 2. The number of benzene rings is 1. The molecule has 9 heteroatoms. The van der Waals surface area contributed by atoms with Crippen molar-refractivity contribution < 1.29 is 24.4 Å². The molecule has 1 N–H and O–H groups in total. The lowest BCUT2D eigenvalue weighted by atomic mass is 10.1. The van der Waals surface area contributed by atoms with Gasteiger partial charge in [-0.05, 0) is 28.1 Å². The molecular weight excluding hydrogens is 348 g/mol. The number of amides is 1. The molecule has 0 bridgehead atoms. The van der Waals surface area contributed by atoms with E-state index in [1.54, 1.807) is 0 Å². The van der Waals surface area contributed by atoms with E-state index in [1.165, 1.54) is 12.1 Å². The van der Waals surface area contributed by atoms with Crippen molar-refractivity contribution in [3.63, 3.8) is 0 Å². The van der Waals surface area contributed by atoms with Gasteiger partial charge in [0.1, 0.15) is 0 Å². The minimum absolute atomic E-state index is 0.0676. The van der Waals surface area contributed by atoms with Crippen molar-refractivity contribution in [1.29, 1.82) is 0 Å². The highest BCUT2D eigenvalue weighted by molar-refractivity contribution is 9.10. The lowest BCUT2D eigenvalue weighted by molar-refractivity contribution is -0.385. The first-order valence-corrected chi connectivity index (χ1v) is 6.76. The van der Waals surface area contributed by atoms with Gasteiger partial charge in [-0.2, -0.15) is 0 Å². The monoisotopic (exact) mass is 358 g/mol. The topological polar surface area (TPSA) is 110 Å². The second-order valence-corrected chi connectivity index (χ2v) is 5.21. The summed E-state index contributed by atoms with van der Waals surface area (Å²) in [6.45, 7) is 0.257. The summed E-state index contributed by atoms with van der Waals surface area (Å²) in [4.78, 5) is 34.9. The zero-order valence-corrected chi connectivity index (χ0v) is 12.3. The number of carbonyl (C=O) groups excluding carboxylic acids is 1. The van der Waals surface area contributed by atoms with Crippen LogP contribution < -0.4 is 0 Å². The number of hydrogen-bond acceptors (Lipinski definition) is 5. The molecule has 0 spiro atoms. The van der Waals surface area contributed by atoms with Gasteiger partial charge in [0.25, 0.3) is 11.6 Å². The Hall–Kier alpha value is -2.00. The fourth-order valence-electron chi connectivity index (χ4n) is 2.00. The number of halogens is 1. The summed E-state index contributed by atoms with van der Waals surface area (Å²) in [5.41, 5.74) is -0.181. The molecule has 0 saturated carbocycles. The van der Waals surface area contributed by atoms with E-state index in [0.717, 1.165) is 11.0 Å². The molecule has 1 aliphatic rings. The standard InChI is InChI=1S/C12H11BrN2O6/c13-8-2-1-7(5-9(8)15(19)20)11(16)14-3-4-21-6-10(14)12(17)18/h1-2,5,10H,3-4,6H2,(H,17,18). The normalized spacial score (nSPS) is 18.3. The molecule has 1 aromatic carbocycles. The predicted octanol–water partition coefficient (Wildman–Crippen LogP) is 1.28. The van der Waals surface area contributed by atoms with Crippen molar-refractivity contribution >= 4 is 33.5 Å². The summed E-state index contributed by atoms with van der Waals surface area (Å²) >= 11 is 3.03. The van der Waals surface area contributed by atoms with Crippen LogP contribution in [0.4, 0.5) is 5.69 Å². The van der Waals surface area contributed by atoms with Crippen LogP contribution in [-0.2, 0) is 9.53 Å². The van der Waals surface area contributed by atoms with Crippen molar-refractivity contribution in [1.82, 2.24) is 4.90 Å². The quantitative estimate of drug-likeness (QED) is 0.643. The van der Waals surface area contributed by atoms with Crippen LogP contribution in [0.3, 0.4) is 0 Å². The number of carboxylic acid groups (broad SMARTS) is 1. The molecule has 1 amide bonds. The summed E-state index contributed by atoms with van der Waals surface area (Å²) in [6, 6.07) is 2.84. The van der Waals surface area contributed by atoms with E-state index >= 15 is 0 Å². The molecule has 1 aromatic rings. The van der Waals surface area contributed by atoms with Crippen LogP contribution in [0, 0.1) is 10.1 Å². The van der Waals surface area contributed by atoms with E-state index in [1.807, 2.05) is 0 Å². The summed E-state index contributed by atoms with van der Waals surface area (Å²) in [7, 11) is 0. The van der Waals surface area contributed by atoms with Crippen molar-refractivity contribution in [2.45, 2.75) is 6.04 Å². The van der Waals surface area contributed by atoms with Crippen molar-refractivity contribution in [3.8, 4) is 0 Å². The van der Waals surface area contributed by atoms with Gasteiger partial charge in [0.05, 0.1) is 22.6 Å². The highest BCUT2D eigenvalue weighted by atomic mass is 79.9. The smallest absolute Gasteiger partial charge is 0.328 e. The molecule has 2 rings (SSSR count). The Kier molecular flexibility index (Phi) is 4.53. The maximum atomic E-state index is 12.4. The molecule has 21 heavy (non-hydrogen) atoms. The number of rotatable bonds is 3. The molecule has 1 atom stereocenters. The Morgan fingerprint density at radius 1 is 1.48 bits per heavy atom. The largest absolute Gasteiger partial charge is 0.480 e. The van der Waals surface area contributed by atoms with Crippen molar-refractivity contribution in [2.24, 2.45) is 0 Å². The van der Waals surface area contributed by atoms with E-state index in [-0.39, 0.29) is 35.5 Å². The fraction of sp³-hybridized carbons (Fsp3) is 0.333. The maximum absolute atomic E-state index is 12.4. The number of nitro benzene ring substituents is 1. The number of hydrogen-bond donors (Lipinski definition) is 1. The third kappa shape index (κ3) is 3.19. The molecular formula is C12H11BrN2O6. The van der Waals surface area contributed by atoms with Crippen LogP contribution in [0.1, 0.15) is 10.4 Å². The average molecular weight is 359 g/mol. The molecule has 0 radical (unpaired) electrons. The average Bonchev–Trinajstić information content (AvgIpc) is 2.46. The number of aliphatic carboxylic acids is 1. The van der Waals surface area contributed by atoms with Gasteiger partial charge in [-0.1, -0.05) is 0 Å². The molecule has 1 aliphatic heterocycles. The number of ether oxygens (including phenoxy) is 1. The minimum Gasteiger partial charge on any atom is -0.480 e. The van der Waals surface area contributed by atoms with Gasteiger partial charge in [-0.15, -0.1) is 0 Å². The number of carboxylic acids is 1. The Balaban J connectivity index is 2.32. The zero-order valence-electron chi connectivity index (χ0n) is 10.7. The highest BCUT2D eigenvalue weighted by Gasteiger charge is 2.33. The van der Waals surface area contributed by atoms with Gasteiger partial charge in [0, 0.05) is 18.2 Å². The SMILES string of the molecule is O=C(O)C1COCCN1C(=O)c1ccc(Br)c([N+](=O)[O-])c1. The van der Waals surface area contributed by atoms with Crippen LogP contribution in [0.25, 0.3) is 0 Å². The Morgan fingerprint density at radius 2 is 2.19 bits per heavy atom. The molecule has 1 saturated heterocycles. The van der Waals surface area contributed by atoms with Gasteiger partial charge in [-0.3, -0.25) is 14.9 Å². The third-order valence-electron chi connectivity index (χ3n) is 3.06. The first-order chi connectivity index (χ1) is 9.91. The van der Waals surface area contributed by atoms with Gasteiger partial charge in [-0.25, -0.2) is 4.79 Å². The van der Waals surface area contributed by atoms with Crippen LogP contribution in [-0.4, -0.2) is 52.6 Å². The molecule has 1 heterocycles. The number of morpholine rings is 1. The van der Waals surface area contributed by atoms with Crippen molar-refractivity contribution in [3.05, 3.63) is 38.3 Å². The first-order valence-electron chi connectivity index (χ1n) is 5.97. The summed E-state index contributed by atoms with van der Waals surface area (Å²) in [5, 5.41) is 20.0. The van der Waals surface area contributed by atoms with Gasteiger partial charge >= 0.3 is 5.97 Å².